The van der Waals surface area contributed by atoms with Crippen molar-refractivity contribution in [3.8, 4) is 17.2 Å². The molecule has 0 aliphatic heterocycles. The van der Waals surface area contributed by atoms with Gasteiger partial charge in [-0.25, -0.2) is 0 Å². The van der Waals surface area contributed by atoms with Crippen molar-refractivity contribution in [1.82, 2.24) is 34.5 Å². The normalized spacial score (nSPS) is 11.2. The van der Waals surface area contributed by atoms with Gasteiger partial charge in [-0.3, -0.25) is 0 Å². The van der Waals surface area contributed by atoms with Crippen molar-refractivity contribution in [3.05, 3.63) is 64.1 Å². The minimum atomic E-state index is -4.47. The number of alkyl halides is 3. The van der Waals surface area contributed by atoms with Crippen LogP contribution in [0.1, 0.15) is 11.4 Å². The van der Waals surface area contributed by atoms with Gasteiger partial charge in [-0.2, -0.15) is 13.2 Å². The quantitative estimate of drug-likeness (QED) is 0.372. The van der Waals surface area contributed by atoms with Gasteiger partial charge in [0.1, 0.15) is 5.69 Å². The molecule has 0 radical (unpaired) electrons. The Balaban J connectivity index is 0.000000162. The van der Waals surface area contributed by atoms with E-state index in [1.165, 1.54) is 0 Å². The van der Waals surface area contributed by atoms with Gasteiger partial charge in [0.05, 0.1) is 0 Å². The molecule has 0 saturated heterocycles. The standard InChI is InChI=1S/C9H9N3.C8H5F3N4.Pt/c1-11-6-7-12(8-11)9-4-2-3-5-10-9;1-4-2-5(13-12-4)6-3-7(15-14-6)8(9,10)11;/h2-7H,1H3;2-3H,1H3;/q;-2;. The van der Waals surface area contributed by atoms with E-state index in [0.717, 1.165) is 15.7 Å². The monoisotopic (exact) mass is 568 g/mol. The van der Waals surface area contributed by atoms with Crippen molar-refractivity contribution < 1.29 is 32.5 Å². The zero-order valence-corrected chi connectivity index (χ0v) is 17.0. The van der Waals surface area contributed by atoms with Gasteiger partial charge in [-0.15, -0.1) is 11.4 Å². The number of rotatable bonds is 2. The third-order valence-corrected chi connectivity index (χ3v) is 4.89. The molecule has 0 saturated carbocycles. The molecule has 4 aromatic heterocycles. The summed E-state index contributed by atoms with van der Waals surface area (Å²) in [5, 5.41) is 13.8. The van der Waals surface area contributed by atoms with Gasteiger partial charge in [0, 0.05) is 5.69 Å². The van der Waals surface area contributed by atoms with Gasteiger partial charge in [0.2, 0.25) is 0 Å². The van der Waals surface area contributed by atoms with Gasteiger partial charge < -0.3 is 20.4 Å². The summed E-state index contributed by atoms with van der Waals surface area (Å²) in [4.78, 5) is 4.27. The van der Waals surface area contributed by atoms with E-state index in [-0.39, 0.29) is 5.69 Å². The van der Waals surface area contributed by atoms with E-state index in [0.29, 0.717) is 11.4 Å². The molecule has 4 heterocycles. The fourth-order valence-electron chi connectivity index (χ4n) is 2.18. The molecule has 0 aliphatic carbocycles. The fourth-order valence-corrected chi connectivity index (χ4v) is 2.78. The molecule has 0 bridgehead atoms. The number of hydrogen-bond donors (Lipinski definition) is 0. The molecule has 0 spiro atoms. The molecule has 28 heavy (non-hydrogen) atoms. The second-order valence-corrected chi connectivity index (χ2v) is 6.71. The number of aryl methyl sites for hydroxylation is 2. The third-order valence-electron chi connectivity index (χ3n) is 3.54. The van der Waals surface area contributed by atoms with E-state index >= 15 is 0 Å². The van der Waals surface area contributed by atoms with Crippen molar-refractivity contribution in [2.45, 2.75) is 13.1 Å². The van der Waals surface area contributed by atoms with Crippen LogP contribution in [0, 0.1) is 10.7 Å². The van der Waals surface area contributed by atoms with Crippen LogP contribution in [0.25, 0.3) is 17.2 Å². The first-order chi connectivity index (χ1) is 13.3. The molecular weight excluding hydrogens is 554 g/mol. The predicted molar refractivity (Wildman–Crippen MR) is 89.6 cm³/mol. The predicted octanol–water partition coefficient (Wildman–Crippen LogP) is 2.67. The second-order valence-electron chi connectivity index (χ2n) is 5.69. The number of imidazole rings is 1. The van der Waals surface area contributed by atoms with Crippen molar-refractivity contribution >= 4 is 0 Å². The van der Waals surface area contributed by atoms with E-state index in [4.69, 9.17) is 0 Å². The summed E-state index contributed by atoms with van der Waals surface area (Å²) >= 11 is 2.27. The molecule has 0 unspecified atom stereocenters. The van der Waals surface area contributed by atoms with Crippen molar-refractivity contribution in [2.75, 3.05) is 0 Å². The van der Waals surface area contributed by atoms with Crippen LogP contribution in [0.15, 0.2) is 48.9 Å². The molecule has 7 nitrogen and oxygen atoms in total. The topological polar surface area (TPSA) is 76.7 Å². The first kappa shape index (κ1) is 20.0. The van der Waals surface area contributed by atoms with E-state index in [2.05, 4.69) is 49.3 Å². The third kappa shape index (κ3) is 4.56. The van der Waals surface area contributed by atoms with Gasteiger partial charge in [-0.05, 0) is 13.0 Å². The molecule has 11 heteroatoms. The molecule has 0 fully saturated rings. The van der Waals surface area contributed by atoms with Gasteiger partial charge >= 0.3 is 93.1 Å². The SMILES string of the molecule is Cc1cc(-c2cc(C(F)(F)F)n[n-]2)[n-]n1.Cn1ccn(-c2ccccn2)[c]1=[Pt]. The Labute approximate surface area is 168 Å². The van der Waals surface area contributed by atoms with Crippen LogP contribution in [-0.4, -0.2) is 24.3 Å². The Bertz CT molecular complexity index is 1110. The summed E-state index contributed by atoms with van der Waals surface area (Å²) in [6, 6.07) is 8.29. The average Bonchev–Trinajstić information content (AvgIpc) is 3.37. The zero-order valence-electron chi connectivity index (χ0n) is 14.7. The van der Waals surface area contributed by atoms with Crippen molar-refractivity contribution in [3.63, 3.8) is 0 Å². The van der Waals surface area contributed by atoms with Gasteiger partial charge in [-0.1, -0.05) is 6.07 Å². The second kappa shape index (κ2) is 8.10. The van der Waals surface area contributed by atoms with Crippen LogP contribution in [0.3, 0.4) is 0 Å². The number of hydrogen-bond acceptors (Lipinski definition) is 3. The maximum absolute atomic E-state index is 12.2. The molecule has 0 amide bonds. The molecule has 4 rings (SSSR count). The zero-order chi connectivity index (χ0) is 20.3. The Kier molecular flexibility index (Phi) is 5.78. The number of aromatic nitrogens is 7. The number of pyridine rings is 1. The first-order valence-electron chi connectivity index (χ1n) is 7.91. The Hall–Kier alpha value is -2.74. The van der Waals surface area contributed by atoms with Crippen LogP contribution >= 0.6 is 0 Å². The fraction of sp³-hybridized carbons (Fsp3) is 0.176. The van der Waals surface area contributed by atoms with E-state index in [1.54, 1.807) is 19.2 Å². The molecule has 0 aliphatic rings. The van der Waals surface area contributed by atoms with Crippen molar-refractivity contribution in [1.29, 1.82) is 0 Å². The van der Waals surface area contributed by atoms with Gasteiger partial charge in [0.25, 0.3) is 0 Å². The Morgan fingerprint density at radius 1 is 1.04 bits per heavy atom. The van der Waals surface area contributed by atoms with Crippen LogP contribution in [0.4, 0.5) is 13.2 Å². The summed E-state index contributed by atoms with van der Waals surface area (Å²) in [7, 11) is 2.02. The van der Waals surface area contributed by atoms with E-state index in [1.807, 2.05) is 42.2 Å². The summed E-state index contributed by atoms with van der Waals surface area (Å²) in [5.74, 6) is 0.952. The molecule has 150 valence electrons. The Morgan fingerprint density at radius 3 is 2.25 bits per heavy atom. The Morgan fingerprint density at radius 2 is 1.75 bits per heavy atom. The summed E-state index contributed by atoms with van der Waals surface area (Å²) < 4.78 is 41.8. The summed E-state index contributed by atoms with van der Waals surface area (Å²) in [5.41, 5.74) is -0.00173. The summed E-state index contributed by atoms with van der Waals surface area (Å²) in [6.45, 7) is 1.69. The van der Waals surface area contributed by atoms with Crippen LogP contribution in [0.5, 0.6) is 0 Å². The summed E-state index contributed by atoms with van der Waals surface area (Å²) in [6.07, 6.45) is 1.34. The number of halogens is 3. The number of nitrogens with zero attached hydrogens (tertiary/aromatic N) is 7. The minimum absolute atomic E-state index is 0.0860. The molecule has 0 aromatic carbocycles. The maximum atomic E-state index is 12.2. The van der Waals surface area contributed by atoms with Crippen molar-refractivity contribution in [2.24, 2.45) is 7.05 Å². The van der Waals surface area contributed by atoms with Crippen LogP contribution in [0.2, 0.25) is 0 Å². The first-order valence-corrected chi connectivity index (χ1v) is 9.05. The van der Waals surface area contributed by atoms with E-state index < -0.39 is 11.9 Å². The molecule has 4 aromatic rings. The molecule has 0 atom stereocenters. The average molecular weight is 568 g/mol. The van der Waals surface area contributed by atoms with Crippen LogP contribution in [-0.2, 0) is 32.6 Å². The van der Waals surface area contributed by atoms with Gasteiger partial charge in [0.15, 0.2) is 0 Å². The molecular formula is C17H14F3N7Pt-2. The van der Waals surface area contributed by atoms with E-state index in [9.17, 15) is 13.2 Å². The van der Waals surface area contributed by atoms with Crippen LogP contribution < -0.4 is 10.2 Å². The molecule has 0 N–H and O–H groups in total.